The average Bonchev–Trinajstić information content (AvgIpc) is 3.43. The number of likely N-dealkylation sites (N-methyl/N-ethyl adjacent to an activating group) is 1. The number of hydrogen-bond donors (Lipinski definition) is 3. The van der Waals surface area contributed by atoms with Crippen molar-refractivity contribution < 1.29 is 19.8 Å². The quantitative estimate of drug-likeness (QED) is 0.446. The van der Waals surface area contributed by atoms with Crippen molar-refractivity contribution in [2.24, 2.45) is 5.92 Å². The molecule has 7 heteroatoms. The number of anilines is 1. The van der Waals surface area contributed by atoms with Crippen molar-refractivity contribution in [3.63, 3.8) is 0 Å². The van der Waals surface area contributed by atoms with E-state index in [9.17, 15) is 19.8 Å². The maximum atomic E-state index is 13.8. The molecule has 0 saturated carbocycles. The van der Waals surface area contributed by atoms with Gasteiger partial charge in [0.15, 0.2) is 17.3 Å². The molecule has 30 heavy (non-hydrogen) atoms. The van der Waals surface area contributed by atoms with Gasteiger partial charge in [-0.05, 0) is 42.3 Å². The first-order valence-electron chi connectivity index (χ1n) is 9.66. The second kappa shape index (κ2) is 6.68. The van der Waals surface area contributed by atoms with Crippen molar-refractivity contribution >= 4 is 28.7 Å². The van der Waals surface area contributed by atoms with E-state index in [0.717, 1.165) is 5.56 Å². The molecule has 6 nitrogen and oxygen atoms in total. The largest absolute Gasteiger partial charge is 0.504 e. The minimum Gasteiger partial charge on any atom is -0.504 e. The van der Waals surface area contributed by atoms with Crippen LogP contribution in [0.3, 0.4) is 0 Å². The van der Waals surface area contributed by atoms with Crippen LogP contribution in [0.1, 0.15) is 26.7 Å². The van der Waals surface area contributed by atoms with Crippen molar-refractivity contribution in [3.05, 3.63) is 76.0 Å². The van der Waals surface area contributed by atoms with E-state index in [1.807, 2.05) is 47.7 Å². The molecule has 3 aromatic rings. The fraction of sp³-hybridized carbons (Fsp3) is 0.217. The molecule has 0 radical (unpaired) electrons. The van der Waals surface area contributed by atoms with Crippen LogP contribution in [0, 0.1) is 5.92 Å². The second-order valence-electron chi connectivity index (χ2n) is 7.82. The minimum atomic E-state index is -1.14. The Labute approximate surface area is 177 Å². The van der Waals surface area contributed by atoms with Crippen molar-refractivity contribution in [1.82, 2.24) is 4.90 Å². The lowest BCUT2D eigenvalue weighted by molar-refractivity contribution is -0.126. The first-order valence-corrected chi connectivity index (χ1v) is 10.5. The Morgan fingerprint density at radius 1 is 1.13 bits per heavy atom. The number of hydrogen-bond acceptors (Lipinski definition) is 6. The third-order valence-corrected chi connectivity index (χ3v) is 7.22. The molecule has 1 saturated heterocycles. The number of nitrogens with one attached hydrogen (secondary N) is 1. The number of aromatic hydroxyl groups is 2. The fourth-order valence-electron chi connectivity index (χ4n) is 5.04. The minimum absolute atomic E-state index is 0.0984. The van der Waals surface area contributed by atoms with Crippen LogP contribution in [-0.4, -0.2) is 40.4 Å². The Hall–Kier alpha value is -3.16. The van der Waals surface area contributed by atoms with E-state index in [4.69, 9.17) is 0 Å². The zero-order chi connectivity index (χ0) is 21.0. The molecule has 2 aromatic carbocycles. The van der Waals surface area contributed by atoms with Gasteiger partial charge in [0.2, 0.25) is 5.91 Å². The zero-order valence-corrected chi connectivity index (χ0v) is 17.0. The second-order valence-corrected chi connectivity index (χ2v) is 8.77. The van der Waals surface area contributed by atoms with E-state index in [1.165, 1.54) is 23.5 Å². The smallest absolute Gasteiger partial charge is 0.250 e. The predicted molar refractivity (Wildman–Crippen MR) is 114 cm³/mol. The Morgan fingerprint density at radius 2 is 1.93 bits per heavy atom. The van der Waals surface area contributed by atoms with Gasteiger partial charge >= 0.3 is 0 Å². The third kappa shape index (κ3) is 2.45. The molecule has 3 unspecified atom stereocenters. The molecule has 1 spiro atoms. The number of fused-ring (bicyclic) bond motifs is 2. The van der Waals surface area contributed by atoms with Crippen LogP contribution in [-0.2, 0) is 10.3 Å². The Morgan fingerprint density at radius 3 is 2.67 bits per heavy atom. The van der Waals surface area contributed by atoms with E-state index in [2.05, 4.69) is 5.32 Å². The van der Waals surface area contributed by atoms with E-state index in [-0.39, 0.29) is 29.1 Å². The van der Waals surface area contributed by atoms with Gasteiger partial charge in [0, 0.05) is 23.7 Å². The van der Waals surface area contributed by atoms with Crippen LogP contribution < -0.4 is 5.32 Å². The molecule has 2 aliphatic rings. The molecular formula is C23H20N2O4S. The van der Waals surface area contributed by atoms with E-state index >= 15 is 0 Å². The lowest BCUT2D eigenvalue weighted by Gasteiger charge is -2.35. The molecule has 2 aliphatic heterocycles. The molecule has 3 N–H and O–H groups in total. The number of thiophene rings is 1. The van der Waals surface area contributed by atoms with Crippen molar-refractivity contribution in [1.29, 1.82) is 0 Å². The summed E-state index contributed by atoms with van der Waals surface area (Å²) in [4.78, 5) is 29.8. The summed E-state index contributed by atoms with van der Waals surface area (Å²) in [5.74, 6) is -1.80. The topological polar surface area (TPSA) is 89.9 Å². The summed E-state index contributed by atoms with van der Waals surface area (Å²) in [6.45, 7) is 0.452. The number of nitrogens with zero attached hydrogens (tertiary/aromatic N) is 1. The van der Waals surface area contributed by atoms with Gasteiger partial charge < -0.3 is 15.5 Å². The maximum Gasteiger partial charge on any atom is 0.250 e. The number of para-hydroxylation sites is 1. The zero-order valence-electron chi connectivity index (χ0n) is 16.2. The lowest BCUT2D eigenvalue weighted by atomic mass is 9.71. The maximum absolute atomic E-state index is 13.8. The molecule has 1 amide bonds. The summed E-state index contributed by atoms with van der Waals surface area (Å²) in [6, 6.07) is 15.7. The summed E-state index contributed by atoms with van der Waals surface area (Å²) in [7, 11) is 1.86. The molecule has 0 bridgehead atoms. The Bertz CT molecular complexity index is 1160. The summed E-state index contributed by atoms with van der Waals surface area (Å²) in [6.07, 6.45) is 0. The van der Waals surface area contributed by atoms with Gasteiger partial charge in [0.25, 0.3) is 0 Å². The number of benzene rings is 2. The first kappa shape index (κ1) is 18.8. The van der Waals surface area contributed by atoms with Gasteiger partial charge in [0.05, 0.1) is 10.8 Å². The number of ketones is 1. The number of carbonyl (C=O) groups excluding carboxylic acids is 2. The number of Topliss-reactive ketones (excluding diaryl/α,β-unsaturated/α-hetero) is 1. The number of rotatable bonds is 3. The van der Waals surface area contributed by atoms with Crippen molar-refractivity contribution in [2.75, 3.05) is 18.9 Å². The van der Waals surface area contributed by atoms with E-state index in [1.54, 1.807) is 12.1 Å². The summed E-state index contributed by atoms with van der Waals surface area (Å²) >= 11 is 1.36. The van der Waals surface area contributed by atoms with Crippen LogP contribution in [0.15, 0.2) is 60.0 Å². The third-order valence-electron chi connectivity index (χ3n) is 6.33. The Kier molecular flexibility index (Phi) is 4.20. The number of carbonyl (C=O) groups is 2. The molecule has 1 fully saturated rings. The molecule has 3 atom stereocenters. The van der Waals surface area contributed by atoms with Crippen molar-refractivity contribution in [2.45, 2.75) is 11.5 Å². The standard InChI is InChI=1S/C23H20N2O4S/c1-25-12-14(13-8-9-17(26)18(27)11-13)20(21(28)19-7-4-10-30-19)23(25)15-5-2-3-6-16(15)24-22(23)29/h2-11,14,20,26-27H,12H2,1H3,(H,24,29). The van der Waals surface area contributed by atoms with Crippen LogP contribution in [0.4, 0.5) is 5.69 Å². The molecular weight excluding hydrogens is 400 g/mol. The van der Waals surface area contributed by atoms with Crippen LogP contribution in [0.2, 0.25) is 0 Å². The highest BCUT2D eigenvalue weighted by molar-refractivity contribution is 7.12. The fourth-order valence-corrected chi connectivity index (χ4v) is 5.74. The average molecular weight is 420 g/mol. The normalized spacial score (nSPS) is 25.4. The summed E-state index contributed by atoms with van der Waals surface area (Å²) < 4.78 is 0. The van der Waals surface area contributed by atoms with E-state index < -0.39 is 11.5 Å². The summed E-state index contributed by atoms with van der Waals surface area (Å²) in [5, 5.41) is 24.6. The van der Waals surface area contributed by atoms with Crippen LogP contribution >= 0.6 is 11.3 Å². The molecule has 5 rings (SSSR count). The molecule has 3 heterocycles. The molecule has 0 aliphatic carbocycles. The predicted octanol–water partition coefficient (Wildman–Crippen LogP) is 3.54. The van der Waals surface area contributed by atoms with E-state index in [0.29, 0.717) is 22.7 Å². The van der Waals surface area contributed by atoms with Gasteiger partial charge in [-0.15, -0.1) is 11.3 Å². The molecule has 1 aromatic heterocycles. The highest BCUT2D eigenvalue weighted by Gasteiger charge is 2.64. The monoisotopic (exact) mass is 420 g/mol. The first-order chi connectivity index (χ1) is 14.4. The number of phenols is 2. The number of amides is 1. The van der Waals surface area contributed by atoms with Crippen LogP contribution in [0.25, 0.3) is 0 Å². The lowest BCUT2D eigenvalue weighted by Crippen LogP contribution is -2.51. The number of likely N-dealkylation sites (tertiary alicyclic amines) is 1. The van der Waals surface area contributed by atoms with Gasteiger partial charge in [-0.2, -0.15) is 0 Å². The van der Waals surface area contributed by atoms with Crippen LogP contribution in [0.5, 0.6) is 11.5 Å². The highest BCUT2D eigenvalue weighted by Crippen LogP contribution is 2.56. The molecule has 152 valence electrons. The van der Waals surface area contributed by atoms with Gasteiger partial charge in [0.1, 0.15) is 5.54 Å². The Balaban J connectivity index is 1.73. The summed E-state index contributed by atoms with van der Waals surface area (Å²) in [5.41, 5.74) is 1.07. The van der Waals surface area contributed by atoms with Gasteiger partial charge in [-0.1, -0.05) is 30.3 Å². The van der Waals surface area contributed by atoms with Gasteiger partial charge in [-0.25, -0.2) is 0 Å². The van der Waals surface area contributed by atoms with Crippen molar-refractivity contribution in [3.8, 4) is 11.5 Å². The number of phenolic OH excluding ortho intramolecular Hbond substituents is 2. The SMILES string of the molecule is CN1CC(c2ccc(O)c(O)c2)C(C(=O)c2cccs2)C12C(=O)Nc1ccccc12. The van der Waals surface area contributed by atoms with Gasteiger partial charge in [-0.3, -0.25) is 14.5 Å². The highest BCUT2D eigenvalue weighted by atomic mass is 32.1.